The zero-order valence-electron chi connectivity index (χ0n) is 9.60. The molecule has 1 N–H and O–H groups in total. The van der Waals surface area contributed by atoms with Gasteiger partial charge in [-0.2, -0.15) is 0 Å². The van der Waals surface area contributed by atoms with Crippen LogP contribution in [0.15, 0.2) is 17.1 Å². The summed E-state index contributed by atoms with van der Waals surface area (Å²) in [5, 5.41) is 5.39. The number of rotatable bonds is 5. The third-order valence-corrected chi connectivity index (χ3v) is 2.88. The van der Waals surface area contributed by atoms with Crippen LogP contribution in [0.1, 0.15) is 24.7 Å². The Morgan fingerprint density at radius 2 is 2.38 bits per heavy atom. The molecule has 0 saturated carbocycles. The average Bonchev–Trinajstić information content (AvgIpc) is 2.86. The van der Waals surface area contributed by atoms with Gasteiger partial charge >= 0.3 is 0 Å². The number of nitrogens with one attached hydrogen (secondary N) is 1. The highest BCUT2D eigenvalue weighted by Gasteiger charge is 2.06. The van der Waals surface area contributed by atoms with Crippen LogP contribution in [0.3, 0.4) is 0 Å². The lowest BCUT2D eigenvalue weighted by Gasteiger charge is -2.07. The van der Waals surface area contributed by atoms with E-state index in [1.165, 1.54) is 0 Å². The van der Waals surface area contributed by atoms with E-state index in [1.54, 1.807) is 11.3 Å². The third-order valence-electron chi connectivity index (χ3n) is 2.25. The molecule has 2 aromatic heterocycles. The molecule has 0 amide bonds. The van der Waals surface area contributed by atoms with Crippen molar-refractivity contribution in [1.29, 1.82) is 0 Å². The molecule has 2 heterocycles. The van der Waals surface area contributed by atoms with Crippen molar-refractivity contribution in [1.82, 2.24) is 14.5 Å². The molecule has 0 aliphatic carbocycles. The molecule has 0 fully saturated rings. The van der Waals surface area contributed by atoms with Gasteiger partial charge in [0.2, 0.25) is 5.95 Å². The van der Waals surface area contributed by atoms with Crippen LogP contribution in [0.5, 0.6) is 0 Å². The van der Waals surface area contributed by atoms with Crippen LogP contribution in [0.25, 0.3) is 0 Å². The molecule has 0 spiro atoms. The molecule has 0 aromatic carbocycles. The maximum absolute atomic E-state index is 4.46. The number of aryl methyl sites for hydroxylation is 1. The van der Waals surface area contributed by atoms with Crippen molar-refractivity contribution in [3.8, 4) is 0 Å². The van der Waals surface area contributed by atoms with Gasteiger partial charge in [-0.3, -0.25) is 0 Å². The van der Waals surface area contributed by atoms with Crippen LogP contribution in [0, 0.1) is 6.92 Å². The van der Waals surface area contributed by atoms with Crippen LogP contribution >= 0.6 is 11.3 Å². The first-order valence-corrected chi connectivity index (χ1v) is 6.38. The van der Waals surface area contributed by atoms with Crippen LogP contribution < -0.4 is 5.32 Å². The van der Waals surface area contributed by atoms with E-state index >= 15 is 0 Å². The molecule has 0 atom stereocenters. The first-order valence-electron chi connectivity index (χ1n) is 5.44. The van der Waals surface area contributed by atoms with Crippen molar-refractivity contribution in [3.63, 3.8) is 0 Å². The largest absolute Gasteiger partial charge is 0.356 e. The van der Waals surface area contributed by atoms with Gasteiger partial charge in [0.15, 0.2) is 0 Å². The van der Waals surface area contributed by atoms with E-state index in [4.69, 9.17) is 0 Å². The van der Waals surface area contributed by atoms with Crippen LogP contribution in [0.2, 0.25) is 0 Å². The molecule has 2 rings (SSSR count). The second-order valence-corrected chi connectivity index (χ2v) is 4.46. The topological polar surface area (TPSA) is 42.7 Å². The van der Waals surface area contributed by atoms with Crippen molar-refractivity contribution in [2.75, 3.05) is 11.9 Å². The SMILES string of the molecule is CCCNc1nc(C)cn1Cc1cscn1. The normalized spacial score (nSPS) is 10.6. The Morgan fingerprint density at radius 3 is 3.06 bits per heavy atom. The van der Waals surface area contributed by atoms with Gasteiger partial charge in [0.1, 0.15) is 0 Å². The second kappa shape index (κ2) is 5.12. The molecule has 0 unspecified atom stereocenters. The fourth-order valence-corrected chi connectivity index (χ4v) is 2.08. The fraction of sp³-hybridized carbons (Fsp3) is 0.455. The summed E-state index contributed by atoms with van der Waals surface area (Å²) in [5.41, 5.74) is 3.98. The summed E-state index contributed by atoms with van der Waals surface area (Å²) in [6.07, 6.45) is 3.15. The molecular formula is C11H16N4S. The highest BCUT2D eigenvalue weighted by molar-refractivity contribution is 7.07. The Kier molecular flexibility index (Phi) is 3.56. The summed E-state index contributed by atoms with van der Waals surface area (Å²) >= 11 is 1.62. The van der Waals surface area contributed by atoms with E-state index in [9.17, 15) is 0 Å². The molecule has 0 saturated heterocycles. The van der Waals surface area contributed by atoms with Gasteiger partial charge in [0, 0.05) is 18.1 Å². The van der Waals surface area contributed by atoms with Crippen molar-refractivity contribution in [2.45, 2.75) is 26.8 Å². The first kappa shape index (κ1) is 11.1. The third kappa shape index (κ3) is 2.61. The summed E-state index contributed by atoms with van der Waals surface area (Å²) in [4.78, 5) is 8.74. The first-order chi connectivity index (χ1) is 7.79. The summed E-state index contributed by atoms with van der Waals surface area (Å²) in [6, 6.07) is 0. The average molecular weight is 236 g/mol. The van der Waals surface area contributed by atoms with Crippen molar-refractivity contribution >= 4 is 17.3 Å². The number of hydrogen-bond donors (Lipinski definition) is 1. The van der Waals surface area contributed by atoms with Crippen LogP contribution in [0.4, 0.5) is 5.95 Å². The summed E-state index contributed by atoms with van der Waals surface area (Å²) in [7, 11) is 0. The number of thiazole rings is 1. The minimum Gasteiger partial charge on any atom is -0.356 e. The Balaban J connectivity index is 2.12. The van der Waals surface area contributed by atoms with Gasteiger partial charge in [-0.15, -0.1) is 11.3 Å². The molecule has 0 aliphatic rings. The lowest BCUT2D eigenvalue weighted by atomic mass is 10.4. The quantitative estimate of drug-likeness (QED) is 0.867. The lowest BCUT2D eigenvalue weighted by molar-refractivity contribution is 0.776. The Morgan fingerprint density at radius 1 is 1.50 bits per heavy atom. The minimum atomic E-state index is 0.788. The Bertz CT molecular complexity index is 433. The van der Waals surface area contributed by atoms with Crippen LogP contribution in [-0.2, 0) is 6.54 Å². The van der Waals surface area contributed by atoms with E-state index in [2.05, 4.69) is 38.4 Å². The Hall–Kier alpha value is -1.36. The van der Waals surface area contributed by atoms with E-state index < -0.39 is 0 Å². The fourth-order valence-electron chi connectivity index (χ4n) is 1.54. The highest BCUT2D eigenvalue weighted by Crippen LogP contribution is 2.12. The molecule has 16 heavy (non-hydrogen) atoms. The van der Waals surface area contributed by atoms with Gasteiger partial charge < -0.3 is 9.88 Å². The van der Waals surface area contributed by atoms with Crippen molar-refractivity contribution in [2.24, 2.45) is 0 Å². The molecule has 2 aromatic rings. The van der Waals surface area contributed by atoms with Crippen LogP contribution in [-0.4, -0.2) is 21.1 Å². The minimum absolute atomic E-state index is 0.788. The number of imidazole rings is 1. The van der Waals surface area contributed by atoms with Crippen molar-refractivity contribution in [3.05, 3.63) is 28.5 Å². The molecule has 5 heteroatoms. The monoisotopic (exact) mass is 236 g/mol. The van der Waals surface area contributed by atoms with E-state index in [-0.39, 0.29) is 0 Å². The lowest BCUT2D eigenvalue weighted by Crippen LogP contribution is -2.08. The van der Waals surface area contributed by atoms with Crippen molar-refractivity contribution < 1.29 is 0 Å². The predicted molar refractivity (Wildman–Crippen MR) is 67.0 cm³/mol. The summed E-state index contributed by atoms with van der Waals surface area (Å²) in [6.45, 7) is 5.89. The zero-order valence-corrected chi connectivity index (χ0v) is 10.4. The molecule has 86 valence electrons. The highest BCUT2D eigenvalue weighted by atomic mass is 32.1. The van der Waals surface area contributed by atoms with Gasteiger partial charge in [0.25, 0.3) is 0 Å². The summed E-state index contributed by atoms with van der Waals surface area (Å²) in [5.74, 6) is 0.937. The van der Waals surface area contributed by atoms with Gasteiger partial charge in [-0.1, -0.05) is 6.92 Å². The number of hydrogen-bond acceptors (Lipinski definition) is 4. The standard InChI is InChI=1S/C11H16N4S/c1-3-4-12-11-14-9(2)5-15(11)6-10-7-16-8-13-10/h5,7-8H,3-4,6H2,1-2H3,(H,12,14). The maximum Gasteiger partial charge on any atom is 0.203 e. The predicted octanol–water partition coefficient (Wildman–Crippen LogP) is 2.52. The molecule has 4 nitrogen and oxygen atoms in total. The number of anilines is 1. The molecular weight excluding hydrogens is 220 g/mol. The van der Waals surface area contributed by atoms with E-state index in [0.29, 0.717) is 0 Å². The van der Waals surface area contributed by atoms with Gasteiger partial charge in [-0.25, -0.2) is 9.97 Å². The van der Waals surface area contributed by atoms with E-state index in [1.807, 2.05) is 12.4 Å². The maximum atomic E-state index is 4.46. The van der Waals surface area contributed by atoms with Gasteiger partial charge in [-0.05, 0) is 13.3 Å². The van der Waals surface area contributed by atoms with E-state index in [0.717, 1.165) is 36.8 Å². The smallest absolute Gasteiger partial charge is 0.203 e. The zero-order chi connectivity index (χ0) is 11.4. The second-order valence-electron chi connectivity index (χ2n) is 3.74. The Labute approximate surface area is 99.4 Å². The summed E-state index contributed by atoms with van der Waals surface area (Å²) < 4.78 is 2.11. The molecule has 0 radical (unpaired) electrons. The number of aromatic nitrogens is 3. The number of nitrogens with zero attached hydrogens (tertiary/aromatic N) is 3. The molecule has 0 aliphatic heterocycles. The van der Waals surface area contributed by atoms with Gasteiger partial charge in [0.05, 0.1) is 23.4 Å². The molecule has 0 bridgehead atoms.